The number of rotatable bonds is 7. The summed E-state index contributed by atoms with van der Waals surface area (Å²) in [7, 11) is 1.71. The lowest BCUT2D eigenvalue weighted by Gasteiger charge is -2.09. The van der Waals surface area contributed by atoms with Crippen LogP contribution in [-0.4, -0.2) is 46.5 Å². The monoisotopic (exact) mass is 476 g/mol. The topological polar surface area (TPSA) is 125 Å². The Kier molecular flexibility index (Phi) is 6.35. The maximum atomic E-state index is 12.8. The molecule has 0 aliphatic heterocycles. The molecule has 1 aromatic carbocycles. The summed E-state index contributed by atoms with van der Waals surface area (Å²) in [6.07, 6.45) is 0.270. The van der Waals surface area contributed by atoms with E-state index < -0.39 is 17.6 Å². The minimum atomic E-state index is -4.49. The minimum absolute atomic E-state index is 0.0596. The van der Waals surface area contributed by atoms with Crippen LogP contribution in [-0.2, 0) is 24.4 Å². The number of amides is 1. The standard InChI is InChI=1S/C19H15F3N8O2S/c1-30-14(8-16-26-17(29-32-16)13-9-23-5-6-24-13)27-28-18(30)33-10-15(31)25-12-4-2-3-11(7-12)19(20,21)22/h2-7,9H,8,10H2,1H3,(H,25,31). The molecule has 170 valence electrons. The van der Waals surface area contributed by atoms with E-state index in [-0.39, 0.29) is 17.9 Å². The molecule has 0 atom stereocenters. The van der Waals surface area contributed by atoms with Gasteiger partial charge in [0.1, 0.15) is 11.5 Å². The number of thioether (sulfide) groups is 1. The number of hydrogen-bond donors (Lipinski definition) is 1. The highest BCUT2D eigenvalue weighted by atomic mass is 32.2. The van der Waals surface area contributed by atoms with E-state index in [1.807, 2.05) is 0 Å². The van der Waals surface area contributed by atoms with Crippen LogP contribution >= 0.6 is 11.8 Å². The van der Waals surface area contributed by atoms with Gasteiger partial charge < -0.3 is 14.4 Å². The zero-order valence-electron chi connectivity index (χ0n) is 16.9. The summed E-state index contributed by atoms with van der Waals surface area (Å²) in [4.78, 5) is 24.5. The maximum Gasteiger partial charge on any atom is 0.416 e. The molecule has 1 N–H and O–H groups in total. The third-order valence-corrected chi connectivity index (χ3v) is 5.32. The number of benzene rings is 1. The first kappa shape index (κ1) is 22.4. The van der Waals surface area contributed by atoms with Gasteiger partial charge in [-0.1, -0.05) is 23.0 Å². The van der Waals surface area contributed by atoms with Crippen LogP contribution in [0.3, 0.4) is 0 Å². The van der Waals surface area contributed by atoms with Crippen molar-refractivity contribution in [2.24, 2.45) is 7.05 Å². The average molecular weight is 476 g/mol. The van der Waals surface area contributed by atoms with Crippen molar-refractivity contribution < 1.29 is 22.5 Å². The van der Waals surface area contributed by atoms with Crippen molar-refractivity contribution in [1.82, 2.24) is 34.9 Å². The van der Waals surface area contributed by atoms with E-state index in [4.69, 9.17) is 4.52 Å². The first-order valence-electron chi connectivity index (χ1n) is 9.37. The van der Waals surface area contributed by atoms with Crippen molar-refractivity contribution in [1.29, 1.82) is 0 Å². The predicted octanol–water partition coefficient (Wildman–Crippen LogP) is 3.00. The fourth-order valence-electron chi connectivity index (χ4n) is 2.71. The molecule has 1 amide bonds. The lowest BCUT2D eigenvalue weighted by atomic mass is 10.2. The Bertz CT molecular complexity index is 1260. The summed E-state index contributed by atoms with van der Waals surface area (Å²) in [6.45, 7) is 0. The summed E-state index contributed by atoms with van der Waals surface area (Å²) in [5.74, 6) is 0.560. The summed E-state index contributed by atoms with van der Waals surface area (Å²) in [5.41, 5.74) is -0.313. The number of alkyl halides is 3. The predicted molar refractivity (Wildman–Crippen MR) is 110 cm³/mol. The van der Waals surface area contributed by atoms with Crippen LogP contribution in [0.1, 0.15) is 17.3 Å². The second-order valence-corrected chi connectivity index (χ2v) is 7.59. The Morgan fingerprint density at radius 1 is 1.24 bits per heavy atom. The molecule has 0 unspecified atom stereocenters. The van der Waals surface area contributed by atoms with E-state index >= 15 is 0 Å². The van der Waals surface area contributed by atoms with Crippen LogP contribution in [0.4, 0.5) is 18.9 Å². The normalized spacial score (nSPS) is 11.5. The Morgan fingerprint density at radius 2 is 2.09 bits per heavy atom. The van der Waals surface area contributed by atoms with E-state index in [2.05, 4.69) is 35.6 Å². The van der Waals surface area contributed by atoms with Gasteiger partial charge in [0.05, 0.1) is 23.9 Å². The third-order valence-electron chi connectivity index (χ3n) is 4.30. The van der Waals surface area contributed by atoms with Gasteiger partial charge in [-0.05, 0) is 18.2 Å². The van der Waals surface area contributed by atoms with Gasteiger partial charge in [-0.3, -0.25) is 9.78 Å². The Hall–Kier alpha value is -3.81. The molecular formula is C19H15F3N8O2S. The average Bonchev–Trinajstić information content (AvgIpc) is 3.40. The molecule has 0 spiro atoms. The molecule has 0 saturated heterocycles. The number of halogens is 3. The molecule has 0 saturated carbocycles. The maximum absolute atomic E-state index is 12.8. The van der Waals surface area contributed by atoms with Gasteiger partial charge in [0.2, 0.25) is 17.6 Å². The number of hydrogen-bond acceptors (Lipinski definition) is 9. The van der Waals surface area contributed by atoms with Crippen molar-refractivity contribution in [3.63, 3.8) is 0 Å². The van der Waals surface area contributed by atoms with Crippen molar-refractivity contribution in [2.45, 2.75) is 17.8 Å². The lowest BCUT2D eigenvalue weighted by Crippen LogP contribution is -2.15. The first-order valence-corrected chi connectivity index (χ1v) is 10.4. The Balaban J connectivity index is 1.35. The fourth-order valence-corrected chi connectivity index (χ4v) is 3.44. The quantitative estimate of drug-likeness (QED) is 0.401. The highest BCUT2D eigenvalue weighted by molar-refractivity contribution is 7.99. The van der Waals surface area contributed by atoms with E-state index in [0.29, 0.717) is 28.4 Å². The largest absolute Gasteiger partial charge is 0.416 e. The molecular weight excluding hydrogens is 461 g/mol. The van der Waals surface area contributed by atoms with Gasteiger partial charge >= 0.3 is 6.18 Å². The summed E-state index contributed by atoms with van der Waals surface area (Å²) in [6, 6.07) is 4.43. The summed E-state index contributed by atoms with van der Waals surface area (Å²) >= 11 is 1.09. The van der Waals surface area contributed by atoms with Crippen molar-refractivity contribution in [2.75, 3.05) is 11.1 Å². The van der Waals surface area contributed by atoms with Crippen molar-refractivity contribution in [3.05, 3.63) is 60.1 Å². The van der Waals surface area contributed by atoms with E-state index in [9.17, 15) is 18.0 Å². The van der Waals surface area contributed by atoms with Gasteiger partial charge in [-0.15, -0.1) is 10.2 Å². The van der Waals surface area contributed by atoms with E-state index in [0.717, 1.165) is 23.9 Å². The van der Waals surface area contributed by atoms with Crippen LogP contribution in [0.5, 0.6) is 0 Å². The highest BCUT2D eigenvalue weighted by Crippen LogP contribution is 2.30. The van der Waals surface area contributed by atoms with Crippen LogP contribution in [0.2, 0.25) is 0 Å². The Morgan fingerprint density at radius 3 is 2.85 bits per heavy atom. The van der Waals surface area contributed by atoms with E-state index in [1.165, 1.54) is 30.7 Å². The number of nitrogens with zero attached hydrogens (tertiary/aromatic N) is 7. The molecule has 10 nitrogen and oxygen atoms in total. The number of carbonyl (C=O) groups is 1. The molecule has 0 aliphatic carbocycles. The molecule has 4 aromatic rings. The molecule has 3 aromatic heterocycles. The highest BCUT2D eigenvalue weighted by Gasteiger charge is 2.30. The molecule has 3 heterocycles. The van der Waals surface area contributed by atoms with E-state index in [1.54, 1.807) is 11.6 Å². The fraction of sp³-hybridized carbons (Fsp3) is 0.211. The number of anilines is 1. The molecule has 0 bridgehead atoms. The van der Waals surface area contributed by atoms with Gasteiger partial charge in [-0.2, -0.15) is 18.2 Å². The van der Waals surface area contributed by atoms with Crippen LogP contribution in [0, 0.1) is 0 Å². The summed E-state index contributed by atoms with van der Waals surface area (Å²) in [5, 5.41) is 14.9. The first-order chi connectivity index (χ1) is 15.8. The van der Waals surface area contributed by atoms with Gasteiger partial charge in [0, 0.05) is 25.1 Å². The van der Waals surface area contributed by atoms with Crippen molar-refractivity contribution in [3.8, 4) is 11.5 Å². The van der Waals surface area contributed by atoms with Gasteiger partial charge in [-0.25, -0.2) is 4.98 Å². The molecule has 14 heteroatoms. The SMILES string of the molecule is Cn1c(Cc2nc(-c3cnccn3)no2)nnc1SCC(=O)Nc1cccc(C(F)(F)F)c1. The molecule has 4 rings (SSSR count). The smallest absolute Gasteiger partial charge is 0.338 e. The molecule has 0 radical (unpaired) electrons. The zero-order chi connectivity index (χ0) is 23.4. The molecule has 33 heavy (non-hydrogen) atoms. The second-order valence-electron chi connectivity index (χ2n) is 6.65. The third kappa shape index (κ3) is 5.52. The zero-order valence-corrected chi connectivity index (χ0v) is 17.8. The Labute approximate surface area is 188 Å². The van der Waals surface area contributed by atoms with Crippen LogP contribution in [0.25, 0.3) is 11.5 Å². The lowest BCUT2D eigenvalue weighted by molar-refractivity contribution is -0.137. The second kappa shape index (κ2) is 9.36. The van der Waals surface area contributed by atoms with Crippen LogP contribution < -0.4 is 5.32 Å². The van der Waals surface area contributed by atoms with Gasteiger partial charge in [0.25, 0.3) is 0 Å². The molecule has 0 fully saturated rings. The van der Waals surface area contributed by atoms with Crippen LogP contribution in [0.15, 0.2) is 52.5 Å². The minimum Gasteiger partial charge on any atom is -0.338 e. The summed E-state index contributed by atoms with van der Waals surface area (Å²) < 4.78 is 45.3. The number of aromatic nitrogens is 7. The number of nitrogens with one attached hydrogen (secondary N) is 1. The molecule has 0 aliphatic rings. The number of carbonyl (C=O) groups excluding carboxylic acids is 1. The van der Waals surface area contributed by atoms with Gasteiger partial charge in [0.15, 0.2) is 5.16 Å². The van der Waals surface area contributed by atoms with Crippen molar-refractivity contribution >= 4 is 23.4 Å².